The van der Waals surface area contributed by atoms with Gasteiger partial charge in [-0.3, -0.25) is 9.59 Å². The summed E-state index contributed by atoms with van der Waals surface area (Å²) in [7, 11) is 0. The molecule has 3 aliphatic rings. The van der Waals surface area contributed by atoms with Gasteiger partial charge < -0.3 is 15.6 Å². The molecule has 0 bridgehead atoms. The van der Waals surface area contributed by atoms with Gasteiger partial charge in [0, 0.05) is 29.9 Å². The van der Waals surface area contributed by atoms with Gasteiger partial charge in [0.2, 0.25) is 5.91 Å². The lowest BCUT2D eigenvalue weighted by atomic mass is 9.98. The molecule has 2 saturated carbocycles. The number of H-pyrrole nitrogens is 1. The van der Waals surface area contributed by atoms with Crippen LogP contribution in [0.5, 0.6) is 0 Å². The van der Waals surface area contributed by atoms with Gasteiger partial charge in [-0.15, -0.1) is 0 Å². The van der Waals surface area contributed by atoms with E-state index in [-0.39, 0.29) is 23.9 Å². The molecule has 2 amide bonds. The Hall–Kier alpha value is -1.78. The van der Waals surface area contributed by atoms with E-state index in [4.69, 9.17) is 0 Å². The van der Waals surface area contributed by atoms with Gasteiger partial charge in [-0.2, -0.15) is 0 Å². The van der Waals surface area contributed by atoms with Crippen LogP contribution < -0.4 is 10.6 Å². The summed E-state index contributed by atoms with van der Waals surface area (Å²) < 4.78 is 0. The quantitative estimate of drug-likeness (QED) is 0.797. The van der Waals surface area contributed by atoms with Crippen LogP contribution in [0.1, 0.15) is 79.0 Å². The van der Waals surface area contributed by atoms with E-state index in [1.165, 1.54) is 31.4 Å². The van der Waals surface area contributed by atoms with Crippen LogP contribution in [0.4, 0.5) is 0 Å². The Morgan fingerprint density at radius 2 is 1.91 bits per heavy atom. The number of amides is 2. The first kappa shape index (κ1) is 13.9. The Morgan fingerprint density at radius 3 is 2.55 bits per heavy atom. The maximum atomic E-state index is 12.7. The maximum Gasteiger partial charge on any atom is 0.253 e. The molecule has 5 heteroatoms. The van der Waals surface area contributed by atoms with Gasteiger partial charge in [0.15, 0.2) is 0 Å². The molecular formula is C17H23N3O2. The number of carbonyl (C=O) groups is 2. The van der Waals surface area contributed by atoms with Gasteiger partial charge in [-0.1, -0.05) is 0 Å². The zero-order chi connectivity index (χ0) is 15.3. The maximum absolute atomic E-state index is 12.7. The normalized spacial score (nSPS) is 28.3. The minimum atomic E-state index is -0.00332. The third-order valence-corrected chi connectivity index (χ3v) is 5.11. The largest absolute Gasteiger partial charge is 0.361 e. The highest BCUT2D eigenvalue weighted by molar-refractivity contribution is 5.96. The molecule has 0 spiro atoms. The van der Waals surface area contributed by atoms with Crippen LogP contribution in [-0.4, -0.2) is 28.9 Å². The van der Waals surface area contributed by atoms with Crippen molar-refractivity contribution in [1.82, 2.24) is 15.6 Å². The monoisotopic (exact) mass is 301 g/mol. The Bertz CT molecular complexity index is 613. The van der Waals surface area contributed by atoms with Crippen LogP contribution in [0.15, 0.2) is 6.07 Å². The molecule has 1 aromatic rings. The Labute approximate surface area is 130 Å². The van der Waals surface area contributed by atoms with E-state index >= 15 is 0 Å². The first-order valence-electron chi connectivity index (χ1n) is 8.45. The Kier molecular flexibility index (Phi) is 3.24. The molecule has 4 rings (SSSR count). The topological polar surface area (TPSA) is 74.0 Å². The Morgan fingerprint density at radius 1 is 1.18 bits per heavy atom. The average Bonchev–Trinajstić information content (AvgIpc) is 3.40. The zero-order valence-corrected chi connectivity index (χ0v) is 12.9. The van der Waals surface area contributed by atoms with Crippen molar-refractivity contribution < 1.29 is 9.59 Å². The number of hydrogen-bond acceptors (Lipinski definition) is 2. The molecule has 1 aliphatic heterocycles. The third-order valence-electron chi connectivity index (χ3n) is 5.11. The highest BCUT2D eigenvalue weighted by atomic mass is 16.2. The predicted octanol–water partition coefficient (Wildman–Crippen LogP) is 2.17. The third kappa shape index (κ3) is 2.64. The summed E-state index contributed by atoms with van der Waals surface area (Å²) in [5, 5.41) is 6.04. The lowest BCUT2D eigenvalue weighted by molar-refractivity contribution is -0.123. The smallest absolute Gasteiger partial charge is 0.253 e. The second-order valence-electron chi connectivity index (χ2n) is 7.08. The molecule has 2 unspecified atom stereocenters. The van der Waals surface area contributed by atoms with Crippen LogP contribution in [0, 0.1) is 0 Å². The summed E-state index contributed by atoms with van der Waals surface area (Å²) in [6.07, 6.45) is 6.04. The number of carbonyl (C=O) groups excluding carboxylic acids is 2. The SMILES string of the molecule is CC1NC(=O)CCC1NC(=O)c1cc(C2CC2)[nH]c1C1CC1. The molecule has 1 aromatic heterocycles. The molecule has 1 saturated heterocycles. The minimum Gasteiger partial charge on any atom is -0.361 e. The van der Waals surface area contributed by atoms with Crippen molar-refractivity contribution in [3.8, 4) is 0 Å². The van der Waals surface area contributed by atoms with Crippen LogP contribution >= 0.6 is 0 Å². The Balaban J connectivity index is 1.51. The van der Waals surface area contributed by atoms with Gasteiger partial charge in [0.25, 0.3) is 5.91 Å². The van der Waals surface area contributed by atoms with Crippen molar-refractivity contribution in [2.75, 3.05) is 0 Å². The fraction of sp³-hybridized carbons (Fsp3) is 0.647. The number of piperidine rings is 1. The van der Waals surface area contributed by atoms with Crippen molar-refractivity contribution in [2.45, 2.75) is 69.4 Å². The summed E-state index contributed by atoms with van der Waals surface area (Å²) in [4.78, 5) is 27.6. The van der Waals surface area contributed by atoms with E-state index in [9.17, 15) is 9.59 Å². The molecule has 0 aromatic carbocycles. The number of rotatable bonds is 4. The van der Waals surface area contributed by atoms with E-state index in [2.05, 4.69) is 21.7 Å². The van der Waals surface area contributed by atoms with Crippen molar-refractivity contribution >= 4 is 11.8 Å². The molecule has 2 heterocycles. The number of hydrogen-bond donors (Lipinski definition) is 3. The fourth-order valence-electron chi connectivity index (χ4n) is 3.39. The van der Waals surface area contributed by atoms with Gasteiger partial charge in [0.1, 0.15) is 0 Å². The van der Waals surface area contributed by atoms with E-state index in [0.717, 1.165) is 17.7 Å². The predicted molar refractivity (Wildman–Crippen MR) is 82.8 cm³/mol. The molecule has 118 valence electrons. The van der Waals surface area contributed by atoms with E-state index in [1.54, 1.807) is 0 Å². The molecule has 2 atom stereocenters. The lowest BCUT2D eigenvalue weighted by Crippen LogP contribution is -2.54. The molecule has 3 N–H and O–H groups in total. The zero-order valence-electron chi connectivity index (χ0n) is 12.9. The van der Waals surface area contributed by atoms with E-state index < -0.39 is 0 Å². The van der Waals surface area contributed by atoms with E-state index in [1.807, 2.05) is 6.92 Å². The highest BCUT2D eigenvalue weighted by Gasteiger charge is 2.35. The molecule has 3 fully saturated rings. The summed E-state index contributed by atoms with van der Waals surface area (Å²) in [6.45, 7) is 1.95. The van der Waals surface area contributed by atoms with E-state index in [0.29, 0.717) is 18.3 Å². The lowest BCUT2D eigenvalue weighted by Gasteiger charge is -2.30. The molecule has 5 nitrogen and oxygen atoms in total. The van der Waals surface area contributed by atoms with Crippen molar-refractivity contribution in [3.05, 3.63) is 23.0 Å². The van der Waals surface area contributed by atoms with Crippen LogP contribution in [0.25, 0.3) is 0 Å². The van der Waals surface area contributed by atoms with Gasteiger partial charge >= 0.3 is 0 Å². The van der Waals surface area contributed by atoms with Crippen molar-refractivity contribution in [3.63, 3.8) is 0 Å². The first-order chi connectivity index (χ1) is 10.6. The van der Waals surface area contributed by atoms with Crippen LogP contribution in [-0.2, 0) is 4.79 Å². The molecule has 2 aliphatic carbocycles. The molecular weight excluding hydrogens is 278 g/mol. The number of aromatic nitrogens is 1. The van der Waals surface area contributed by atoms with Crippen LogP contribution in [0.2, 0.25) is 0 Å². The first-order valence-corrected chi connectivity index (χ1v) is 8.45. The number of nitrogens with one attached hydrogen (secondary N) is 3. The van der Waals surface area contributed by atoms with Gasteiger partial charge in [-0.25, -0.2) is 0 Å². The average molecular weight is 301 g/mol. The summed E-state index contributed by atoms with van der Waals surface area (Å²) >= 11 is 0. The minimum absolute atomic E-state index is 0.00332. The fourth-order valence-corrected chi connectivity index (χ4v) is 3.39. The van der Waals surface area contributed by atoms with Gasteiger partial charge in [0.05, 0.1) is 5.56 Å². The van der Waals surface area contributed by atoms with Gasteiger partial charge in [-0.05, 0) is 56.9 Å². The summed E-state index contributed by atoms with van der Waals surface area (Å²) in [5.74, 6) is 1.26. The second kappa shape index (κ2) is 5.14. The number of aromatic amines is 1. The highest BCUT2D eigenvalue weighted by Crippen LogP contribution is 2.45. The second-order valence-corrected chi connectivity index (χ2v) is 7.08. The van der Waals surface area contributed by atoms with Crippen molar-refractivity contribution in [1.29, 1.82) is 0 Å². The standard InChI is InChI=1S/C17H23N3O2/c1-9-13(6-7-15(21)18-9)20-17(22)12-8-14(10-2-3-10)19-16(12)11-4-5-11/h8-11,13,19H,2-7H2,1H3,(H,18,21)(H,20,22). The summed E-state index contributed by atoms with van der Waals surface area (Å²) in [6, 6.07) is 2.08. The molecule has 22 heavy (non-hydrogen) atoms. The van der Waals surface area contributed by atoms with Crippen molar-refractivity contribution in [2.24, 2.45) is 0 Å². The summed E-state index contributed by atoms with van der Waals surface area (Å²) in [5.41, 5.74) is 3.19. The van der Waals surface area contributed by atoms with Crippen LogP contribution in [0.3, 0.4) is 0 Å². The molecule has 0 radical (unpaired) electrons.